The van der Waals surface area contributed by atoms with E-state index in [1.165, 1.54) is 24.3 Å². The molecule has 0 spiro atoms. The highest BCUT2D eigenvalue weighted by Crippen LogP contribution is 2.23. The predicted molar refractivity (Wildman–Crippen MR) is 129 cm³/mol. The van der Waals surface area contributed by atoms with Gasteiger partial charge in [0, 0.05) is 24.7 Å². The molecule has 2 amide bonds. The van der Waals surface area contributed by atoms with Gasteiger partial charge < -0.3 is 5.32 Å². The molecule has 0 fully saturated rings. The lowest BCUT2D eigenvalue weighted by Crippen LogP contribution is -2.40. The van der Waals surface area contributed by atoms with Crippen LogP contribution >= 0.6 is 0 Å². The zero-order chi connectivity index (χ0) is 24.3. The number of sulfonamides is 1. The molecule has 3 aromatic carbocycles. The highest BCUT2D eigenvalue weighted by Gasteiger charge is 2.17. The van der Waals surface area contributed by atoms with Crippen LogP contribution in [0.2, 0.25) is 0 Å². The number of carbonyl (C=O) groups excluding carboxylic acids is 1. The number of rotatable bonds is 7. The van der Waals surface area contributed by atoms with E-state index in [-0.39, 0.29) is 17.3 Å². The Bertz CT molecular complexity index is 1430. The lowest BCUT2D eigenvalue weighted by atomic mass is 10.1. The van der Waals surface area contributed by atoms with E-state index in [1.807, 2.05) is 47.4 Å². The lowest BCUT2D eigenvalue weighted by Gasteiger charge is -2.11. The monoisotopic (exact) mass is 480 g/mol. The van der Waals surface area contributed by atoms with Gasteiger partial charge in [-0.05, 0) is 55.3 Å². The van der Waals surface area contributed by atoms with Crippen molar-refractivity contribution >= 4 is 27.1 Å². The van der Waals surface area contributed by atoms with Crippen LogP contribution in [-0.4, -0.2) is 30.5 Å². The van der Waals surface area contributed by atoms with Gasteiger partial charge in [0.2, 0.25) is 0 Å². The first-order valence-corrected chi connectivity index (χ1v) is 12.4. The molecule has 9 heteroatoms. The first kappa shape index (κ1) is 23.4. The van der Waals surface area contributed by atoms with Crippen molar-refractivity contribution in [3.05, 3.63) is 89.5 Å². The number of imidazole rings is 1. The molecule has 0 aliphatic rings. The van der Waals surface area contributed by atoms with Gasteiger partial charge in [-0.25, -0.2) is 27.3 Å². The largest absolute Gasteiger partial charge is 0.337 e. The summed E-state index contributed by atoms with van der Waals surface area (Å²) < 4.78 is 42.4. The first-order chi connectivity index (χ1) is 16.3. The fraction of sp³-hybridized carbons (Fsp3) is 0.200. The normalized spacial score (nSPS) is 11.5. The van der Waals surface area contributed by atoms with Gasteiger partial charge in [-0.1, -0.05) is 36.8 Å². The quantitative estimate of drug-likeness (QED) is 0.413. The van der Waals surface area contributed by atoms with E-state index in [2.05, 4.69) is 10.3 Å². The number of halogens is 1. The summed E-state index contributed by atoms with van der Waals surface area (Å²) in [5, 5.41) is 2.57. The van der Waals surface area contributed by atoms with Crippen LogP contribution in [0.3, 0.4) is 0 Å². The third-order valence-electron chi connectivity index (χ3n) is 5.45. The van der Waals surface area contributed by atoms with Crippen LogP contribution in [0.1, 0.15) is 23.9 Å². The number of amides is 2. The van der Waals surface area contributed by atoms with Crippen LogP contribution in [0.5, 0.6) is 0 Å². The Labute approximate surface area is 197 Å². The van der Waals surface area contributed by atoms with E-state index in [0.717, 1.165) is 28.2 Å². The lowest BCUT2D eigenvalue weighted by molar-refractivity contribution is 0.246. The molecule has 0 saturated carbocycles. The minimum atomic E-state index is -3.93. The Kier molecular flexibility index (Phi) is 6.65. The molecule has 2 N–H and O–H groups in total. The van der Waals surface area contributed by atoms with E-state index in [0.29, 0.717) is 18.4 Å². The van der Waals surface area contributed by atoms with E-state index in [4.69, 9.17) is 0 Å². The number of fused-ring (bicyclic) bond motifs is 1. The van der Waals surface area contributed by atoms with Crippen LogP contribution < -0.4 is 10.0 Å². The molecule has 1 heterocycles. The van der Waals surface area contributed by atoms with Crippen molar-refractivity contribution in [1.29, 1.82) is 0 Å². The van der Waals surface area contributed by atoms with E-state index < -0.39 is 16.1 Å². The summed E-state index contributed by atoms with van der Waals surface area (Å²) in [4.78, 5) is 16.7. The molecule has 34 heavy (non-hydrogen) atoms. The molecule has 4 aromatic rings. The van der Waals surface area contributed by atoms with Crippen molar-refractivity contribution in [1.82, 2.24) is 19.6 Å². The Balaban J connectivity index is 1.38. The van der Waals surface area contributed by atoms with Gasteiger partial charge in [-0.15, -0.1) is 0 Å². The fourth-order valence-electron chi connectivity index (χ4n) is 3.69. The number of nitrogens with one attached hydrogen (secondary N) is 2. The molecule has 0 unspecified atom stereocenters. The van der Waals surface area contributed by atoms with Crippen molar-refractivity contribution in [3.8, 4) is 5.69 Å². The molecule has 0 atom stereocenters. The van der Waals surface area contributed by atoms with Crippen molar-refractivity contribution in [2.45, 2.75) is 31.6 Å². The van der Waals surface area contributed by atoms with Gasteiger partial charge in [0.05, 0.1) is 15.9 Å². The Morgan fingerprint density at radius 1 is 1.03 bits per heavy atom. The smallest absolute Gasteiger partial charge is 0.328 e. The Morgan fingerprint density at radius 3 is 2.41 bits per heavy atom. The summed E-state index contributed by atoms with van der Waals surface area (Å²) in [5.41, 5.74) is 4.19. The summed E-state index contributed by atoms with van der Waals surface area (Å²) >= 11 is 0. The second-order valence-electron chi connectivity index (χ2n) is 7.94. The molecule has 0 bridgehead atoms. The maximum Gasteiger partial charge on any atom is 0.328 e. The van der Waals surface area contributed by atoms with E-state index >= 15 is 0 Å². The zero-order valence-corrected chi connectivity index (χ0v) is 19.7. The number of carbonyl (C=O) groups is 1. The van der Waals surface area contributed by atoms with Crippen LogP contribution in [0.4, 0.5) is 9.18 Å². The summed E-state index contributed by atoms with van der Waals surface area (Å²) in [6.45, 7) is 4.11. The maximum absolute atomic E-state index is 13.8. The molecule has 4 rings (SSSR count). The van der Waals surface area contributed by atoms with Crippen molar-refractivity contribution in [2.24, 2.45) is 0 Å². The number of hydrogen-bond donors (Lipinski definition) is 2. The average molecular weight is 481 g/mol. The minimum absolute atomic E-state index is 0.0298. The van der Waals surface area contributed by atoms with Gasteiger partial charge in [0.25, 0.3) is 10.0 Å². The fourth-order valence-corrected chi connectivity index (χ4v) is 4.62. The number of aromatic nitrogens is 2. The van der Waals surface area contributed by atoms with Gasteiger partial charge in [-0.3, -0.25) is 4.57 Å². The third-order valence-corrected chi connectivity index (χ3v) is 6.80. The SMILES string of the molecule is CCc1nc2ccc(F)cc2n1-c1ccc(CCNC(=O)NS(=O)(=O)c2ccc(C)cc2)cc1. The maximum atomic E-state index is 13.8. The first-order valence-electron chi connectivity index (χ1n) is 10.9. The van der Waals surface area contributed by atoms with Crippen molar-refractivity contribution < 1.29 is 17.6 Å². The van der Waals surface area contributed by atoms with Gasteiger partial charge >= 0.3 is 6.03 Å². The van der Waals surface area contributed by atoms with Gasteiger partial charge in [0.15, 0.2) is 0 Å². The number of urea groups is 1. The molecular weight excluding hydrogens is 455 g/mol. The molecule has 0 saturated heterocycles. The van der Waals surface area contributed by atoms with Crippen molar-refractivity contribution in [2.75, 3.05) is 6.54 Å². The topological polar surface area (TPSA) is 93.1 Å². The molecule has 0 radical (unpaired) electrons. The van der Waals surface area contributed by atoms with Crippen LogP contribution in [0, 0.1) is 12.7 Å². The molecule has 0 aliphatic heterocycles. The summed E-state index contributed by atoms with van der Waals surface area (Å²) in [7, 11) is -3.93. The molecule has 1 aromatic heterocycles. The molecule has 7 nitrogen and oxygen atoms in total. The van der Waals surface area contributed by atoms with Crippen LogP contribution in [-0.2, 0) is 22.9 Å². The van der Waals surface area contributed by atoms with Crippen LogP contribution in [0.25, 0.3) is 16.7 Å². The standard InChI is InChI=1S/C25H25FN4O3S/c1-3-24-28-22-13-8-19(26)16-23(22)30(24)20-9-6-18(7-10-20)14-15-27-25(31)29-34(32,33)21-11-4-17(2)5-12-21/h4-13,16H,3,14-15H2,1-2H3,(H2,27,29,31). The third kappa shape index (κ3) is 5.09. The highest BCUT2D eigenvalue weighted by atomic mass is 32.2. The summed E-state index contributed by atoms with van der Waals surface area (Å²) in [5.74, 6) is 0.517. The minimum Gasteiger partial charge on any atom is -0.337 e. The van der Waals surface area contributed by atoms with Gasteiger partial charge in [-0.2, -0.15) is 0 Å². The van der Waals surface area contributed by atoms with Crippen molar-refractivity contribution in [3.63, 3.8) is 0 Å². The number of hydrogen-bond acceptors (Lipinski definition) is 4. The Hall–Kier alpha value is -3.72. The highest BCUT2D eigenvalue weighted by molar-refractivity contribution is 7.90. The number of aryl methyl sites for hydroxylation is 2. The second-order valence-corrected chi connectivity index (χ2v) is 9.62. The predicted octanol–water partition coefficient (Wildman–Crippen LogP) is 4.27. The summed E-state index contributed by atoms with van der Waals surface area (Å²) in [6.07, 6.45) is 1.21. The molecular formula is C25H25FN4O3S. The average Bonchev–Trinajstić information content (AvgIpc) is 3.17. The number of benzene rings is 3. The van der Waals surface area contributed by atoms with Gasteiger partial charge in [0.1, 0.15) is 11.6 Å². The summed E-state index contributed by atoms with van der Waals surface area (Å²) in [6, 6.07) is 17.7. The second kappa shape index (κ2) is 9.64. The zero-order valence-electron chi connectivity index (χ0n) is 18.9. The van der Waals surface area contributed by atoms with E-state index in [1.54, 1.807) is 18.2 Å². The van der Waals surface area contributed by atoms with Crippen LogP contribution in [0.15, 0.2) is 71.6 Å². The Morgan fingerprint density at radius 2 is 1.74 bits per heavy atom. The molecule has 0 aliphatic carbocycles. The molecule has 176 valence electrons. The number of nitrogens with zero attached hydrogens (tertiary/aromatic N) is 2. The van der Waals surface area contributed by atoms with E-state index in [9.17, 15) is 17.6 Å².